The summed E-state index contributed by atoms with van der Waals surface area (Å²) in [5, 5.41) is 15.1. The van der Waals surface area contributed by atoms with E-state index in [0.717, 1.165) is 42.9 Å². The molecule has 2 saturated heterocycles. The minimum atomic E-state index is 0.391. The molecule has 0 bridgehead atoms. The van der Waals surface area contributed by atoms with Gasteiger partial charge in [0.25, 0.3) is 0 Å². The van der Waals surface area contributed by atoms with Gasteiger partial charge in [-0.05, 0) is 47.6 Å². The molecule has 25 heavy (non-hydrogen) atoms. The van der Waals surface area contributed by atoms with Crippen LogP contribution in [0.4, 0.5) is 5.13 Å². The molecular formula is C18H26N4OS2. The Morgan fingerprint density at radius 1 is 1.32 bits per heavy atom. The first-order valence-electron chi connectivity index (χ1n) is 8.96. The number of anilines is 1. The van der Waals surface area contributed by atoms with Crippen molar-refractivity contribution in [1.29, 1.82) is 0 Å². The zero-order chi connectivity index (χ0) is 17.3. The van der Waals surface area contributed by atoms with Gasteiger partial charge in [0.05, 0.1) is 6.61 Å². The average Bonchev–Trinajstić information content (AvgIpc) is 3.32. The lowest BCUT2D eigenvalue weighted by Gasteiger charge is -2.42. The summed E-state index contributed by atoms with van der Waals surface area (Å²) in [5.41, 5.74) is 1.84. The molecule has 7 heteroatoms. The van der Waals surface area contributed by atoms with Gasteiger partial charge in [0, 0.05) is 45.8 Å². The lowest BCUT2D eigenvalue weighted by molar-refractivity contribution is 0.0762. The normalized spacial score (nSPS) is 23.6. The molecule has 2 aromatic heterocycles. The summed E-state index contributed by atoms with van der Waals surface area (Å²) in [7, 11) is 1.84. The fourth-order valence-electron chi connectivity index (χ4n) is 4.46. The molecule has 0 aliphatic carbocycles. The molecule has 0 radical (unpaired) electrons. The number of methoxy groups -OCH3 is 1. The Hall–Kier alpha value is -1.02. The number of hydrogen-bond donors (Lipinski definition) is 0. The maximum absolute atomic E-state index is 5.59. The fourth-order valence-corrected chi connectivity index (χ4v) is 5.86. The highest BCUT2D eigenvalue weighted by atomic mass is 32.1. The highest BCUT2D eigenvalue weighted by Crippen LogP contribution is 2.46. The zero-order valence-corrected chi connectivity index (χ0v) is 16.6. The molecule has 2 aromatic rings. The SMILES string of the molecule is COC[C@@H]1CN(Cc2ccsc2)CC12CCN(c1nnc(C)s1)CC2. The second kappa shape index (κ2) is 7.31. The Labute approximate surface area is 157 Å². The van der Waals surface area contributed by atoms with Crippen LogP contribution >= 0.6 is 22.7 Å². The third kappa shape index (κ3) is 3.60. The lowest BCUT2D eigenvalue weighted by Crippen LogP contribution is -2.45. The van der Waals surface area contributed by atoms with E-state index < -0.39 is 0 Å². The number of piperidine rings is 1. The summed E-state index contributed by atoms with van der Waals surface area (Å²) in [4.78, 5) is 5.05. The molecule has 0 amide bonds. The third-order valence-electron chi connectivity index (χ3n) is 5.78. The molecule has 1 spiro atoms. The molecule has 1 atom stereocenters. The number of nitrogens with zero attached hydrogens (tertiary/aromatic N) is 4. The molecule has 2 aliphatic rings. The Morgan fingerprint density at radius 3 is 2.80 bits per heavy atom. The first kappa shape index (κ1) is 17.4. The number of hydrogen-bond acceptors (Lipinski definition) is 7. The Balaban J connectivity index is 1.44. The number of aromatic nitrogens is 2. The first-order valence-corrected chi connectivity index (χ1v) is 10.7. The molecular weight excluding hydrogens is 352 g/mol. The van der Waals surface area contributed by atoms with Crippen LogP contribution in [0, 0.1) is 18.3 Å². The van der Waals surface area contributed by atoms with Gasteiger partial charge in [0.1, 0.15) is 5.01 Å². The predicted octanol–water partition coefficient (Wildman–Crippen LogP) is 3.27. The zero-order valence-electron chi connectivity index (χ0n) is 15.0. The quantitative estimate of drug-likeness (QED) is 0.799. The number of likely N-dealkylation sites (tertiary alicyclic amines) is 1. The van der Waals surface area contributed by atoms with E-state index in [-0.39, 0.29) is 0 Å². The largest absolute Gasteiger partial charge is 0.384 e. The monoisotopic (exact) mass is 378 g/mol. The van der Waals surface area contributed by atoms with Crippen LogP contribution in [0.25, 0.3) is 0 Å². The van der Waals surface area contributed by atoms with Crippen molar-refractivity contribution in [3.63, 3.8) is 0 Å². The Bertz CT molecular complexity index is 679. The van der Waals surface area contributed by atoms with Crippen LogP contribution in [-0.2, 0) is 11.3 Å². The molecule has 0 aromatic carbocycles. The van der Waals surface area contributed by atoms with Gasteiger partial charge < -0.3 is 9.64 Å². The average molecular weight is 379 g/mol. The van der Waals surface area contributed by atoms with Crippen molar-refractivity contribution in [2.45, 2.75) is 26.3 Å². The van der Waals surface area contributed by atoms with Crippen LogP contribution in [0.5, 0.6) is 0 Å². The standard InChI is InChI=1S/C18H26N4OS2/c1-14-19-20-17(25-14)22-6-4-18(5-7-22)13-21(10-16(18)11-23-2)9-15-3-8-24-12-15/h3,8,12,16H,4-7,9-11,13H2,1-2H3/t16-/m0/s1. The van der Waals surface area contributed by atoms with Gasteiger partial charge in [0.15, 0.2) is 0 Å². The van der Waals surface area contributed by atoms with Gasteiger partial charge in [0.2, 0.25) is 5.13 Å². The van der Waals surface area contributed by atoms with Gasteiger partial charge in [-0.2, -0.15) is 11.3 Å². The van der Waals surface area contributed by atoms with Crippen molar-refractivity contribution in [1.82, 2.24) is 15.1 Å². The second-order valence-corrected chi connectivity index (χ2v) is 9.35. The number of rotatable bonds is 5. The molecule has 2 aliphatic heterocycles. The van der Waals surface area contributed by atoms with Gasteiger partial charge in [-0.25, -0.2) is 0 Å². The molecule has 0 N–H and O–H groups in total. The maximum atomic E-state index is 5.59. The summed E-state index contributed by atoms with van der Waals surface area (Å²) >= 11 is 3.50. The molecule has 2 fully saturated rings. The van der Waals surface area contributed by atoms with Crippen LogP contribution in [-0.4, -0.2) is 55.0 Å². The van der Waals surface area contributed by atoms with Gasteiger partial charge >= 0.3 is 0 Å². The van der Waals surface area contributed by atoms with Crippen LogP contribution in [0.1, 0.15) is 23.4 Å². The topological polar surface area (TPSA) is 41.5 Å². The molecule has 4 rings (SSSR count). The van der Waals surface area contributed by atoms with Gasteiger partial charge in [-0.1, -0.05) is 11.3 Å². The second-order valence-electron chi connectivity index (χ2n) is 7.41. The molecule has 5 nitrogen and oxygen atoms in total. The van der Waals surface area contributed by atoms with Crippen molar-refractivity contribution in [2.24, 2.45) is 11.3 Å². The van der Waals surface area contributed by atoms with E-state index in [4.69, 9.17) is 4.74 Å². The predicted molar refractivity (Wildman–Crippen MR) is 103 cm³/mol. The van der Waals surface area contributed by atoms with Gasteiger partial charge in [-0.3, -0.25) is 4.90 Å². The van der Waals surface area contributed by atoms with Crippen molar-refractivity contribution in [2.75, 3.05) is 44.8 Å². The summed E-state index contributed by atoms with van der Waals surface area (Å²) in [5.74, 6) is 0.634. The van der Waals surface area contributed by atoms with Crippen molar-refractivity contribution in [3.8, 4) is 0 Å². The maximum Gasteiger partial charge on any atom is 0.208 e. The third-order valence-corrected chi connectivity index (χ3v) is 7.41. The fraction of sp³-hybridized carbons (Fsp3) is 0.667. The van der Waals surface area contributed by atoms with E-state index in [1.807, 2.05) is 14.0 Å². The van der Waals surface area contributed by atoms with Crippen molar-refractivity contribution in [3.05, 3.63) is 27.4 Å². The molecule has 136 valence electrons. The van der Waals surface area contributed by atoms with E-state index >= 15 is 0 Å². The number of ether oxygens (including phenoxy) is 1. The van der Waals surface area contributed by atoms with Crippen molar-refractivity contribution < 1.29 is 4.74 Å². The van der Waals surface area contributed by atoms with E-state index in [9.17, 15) is 0 Å². The van der Waals surface area contributed by atoms with E-state index in [1.54, 1.807) is 22.7 Å². The van der Waals surface area contributed by atoms with Gasteiger partial charge in [-0.15, -0.1) is 10.2 Å². The minimum Gasteiger partial charge on any atom is -0.384 e. The smallest absolute Gasteiger partial charge is 0.208 e. The summed E-state index contributed by atoms with van der Waals surface area (Å²) in [6.07, 6.45) is 2.44. The number of aryl methyl sites for hydroxylation is 1. The van der Waals surface area contributed by atoms with E-state index in [2.05, 4.69) is 36.8 Å². The highest BCUT2D eigenvalue weighted by molar-refractivity contribution is 7.15. The highest BCUT2D eigenvalue weighted by Gasteiger charge is 2.48. The molecule has 0 saturated carbocycles. The molecule has 0 unspecified atom stereocenters. The lowest BCUT2D eigenvalue weighted by atomic mass is 9.71. The minimum absolute atomic E-state index is 0.391. The van der Waals surface area contributed by atoms with E-state index in [0.29, 0.717) is 11.3 Å². The van der Waals surface area contributed by atoms with Crippen LogP contribution in [0.2, 0.25) is 0 Å². The number of thiophene rings is 1. The van der Waals surface area contributed by atoms with Crippen LogP contribution in [0.15, 0.2) is 16.8 Å². The van der Waals surface area contributed by atoms with Crippen molar-refractivity contribution >= 4 is 27.8 Å². The van der Waals surface area contributed by atoms with Crippen LogP contribution in [0.3, 0.4) is 0 Å². The summed E-state index contributed by atoms with van der Waals surface area (Å²) in [6, 6.07) is 2.25. The van der Waals surface area contributed by atoms with E-state index in [1.165, 1.54) is 24.9 Å². The summed E-state index contributed by atoms with van der Waals surface area (Å²) < 4.78 is 5.59. The summed E-state index contributed by atoms with van der Waals surface area (Å²) in [6.45, 7) is 8.49. The Kier molecular flexibility index (Phi) is 5.08. The van der Waals surface area contributed by atoms with Crippen LogP contribution < -0.4 is 4.90 Å². The first-order chi connectivity index (χ1) is 12.2. The Morgan fingerprint density at radius 2 is 2.16 bits per heavy atom. The molecule has 4 heterocycles.